The zero-order valence-corrected chi connectivity index (χ0v) is 18.6. The summed E-state index contributed by atoms with van der Waals surface area (Å²) in [4.78, 5) is 12.4. The SMILES string of the molecule is Cc1ccc(CNC(=O)c2ccc(Cl)c(S(=O)(=O)Nc3cc(C)cc(C)c3)c2)cc1. The number of hydrogen-bond donors (Lipinski definition) is 2. The molecule has 0 saturated heterocycles. The topological polar surface area (TPSA) is 75.3 Å². The number of carbonyl (C=O) groups excluding carboxylic acids is 1. The zero-order chi connectivity index (χ0) is 21.9. The summed E-state index contributed by atoms with van der Waals surface area (Å²) < 4.78 is 28.4. The summed E-state index contributed by atoms with van der Waals surface area (Å²) >= 11 is 6.15. The second kappa shape index (κ2) is 8.90. The Labute approximate surface area is 182 Å². The van der Waals surface area contributed by atoms with Gasteiger partial charge in [0.2, 0.25) is 0 Å². The Kier molecular flexibility index (Phi) is 6.48. The largest absolute Gasteiger partial charge is 0.348 e. The Bertz CT molecular complexity index is 1170. The standard InChI is InChI=1S/C23H23ClN2O3S/c1-15-4-6-18(7-5-15)14-25-23(27)19-8-9-21(24)22(13-19)30(28,29)26-20-11-16(2)10-17(3)12-20/h4-13,26H,14H2,1-3H3,(H,25,27). The third-order valence-corrected chi connectivity index (χ3v) is 6.39. The fourth-order valence-corrected chi connectivity index (χ4v) is 4.65. The van der Waals surface area contributed by atoms with Crippen LogP contribution in [0.2, 0.25) is 5.02 Å². The van der Waals surface area contributed by atoms with Gasteiger partial charge in [0.05, 0.1) is 5.02 Å². The molecule has 0 fully saturated rings. The van der Waals surface area contributed by atoms with Gasteiger partial charge in [-0.3, -0.25) is 9.52 Å². The van der Waals surface area contributed by atoms with Crippen molar-refractivity contribution in [1.82, 2.24) is 5.32 Å². The van der Waals surface area contributed by atoms with Crippen molar-refractivity contribution in [2.45, 2.75) is 32.2 Å². The van der Waals surface area contributed by atoms with Crippen LogP contribution >= 0.6 is 11.6 Å². The monoisotopic (exact) mass is 442 g/mol. The van der Waals surface area contributed by atoms with Gasteiger partial charge in [-0.15, -0.1) is 0 Å². The van der Waals surface area contributed by atoms with E-state index in [1.165, 1.54) is 18.2 Å². The first-order valence-electron chi connectivity index (χ1n) is 9.38. The Morgan fingerprint density at radius 2 is 1.50 bits per heavy atom. The van der Waals surface area contributed by atoms with Crippen LogP contribution in [0.25, 0.3) is 0 Å². The highest BCUT2D eigenvalue weighted by atomic mass is 35.5. The molecule has 0 saturated carbocycles. The van der Waals surface area contributed by atoms with Crippen LogP contribution in [0.3, 0.4) is 0 Å². The molecule has 0 heterocycles. The fraction of sp³-hybridized carbons (Fsp3) is 0.174. The van der Waals surface area contributed by atoms with Crippen LogP contribution in [0.15, 0.2) is 65.6 Å². The highest BCUT2D eigenvalue weighted by Crippen LogP contribution is 2.26. The van der Waals surface area contributed by atoms with Crippen molar-refractivity contribution in [3.63, 3.8) is 0 Å². The summed E-state index contributed by atoms with van der Waals surface area (Å²) in [6.07, 6.45) is 0. The third kappa shape index (κ3) is 5.40. The summed E-state index contributed by atoms with van der Waals surface area (Å²) in [6.45, 7) is 6.10. The molecule has 3 aromatic carbocycles. The van der Waals surface area contributed by atoms with Crippen LogP contribution in [0.5, 0.6) is 0 Å². The Morgan fingerprint density at radius 3 is 2.13 bits per heavy atom. The minimum absolute atomic E-state index is 0.0435. The van der Waals surface area contributed by atoms with Crippen molar-refractivity contribution in [3.05, 3.63) is 93.5 Å². The minimum Gasteiger partial charge on any atom is -0.348 e. The number of nitrogens with one attached hydrogen (secondary N) is 2. The van der Waals surface area contributed by atoms with Crippen molar-refractivity contribution < 1.29 is 13.2 Å². The first-order valence-corrected chi connectivity index (χ1v) is 11.2. The molecule has 156 valence electrons. The van der Waals surface area contributed by atoms with Gasteiger partial charge in [-0.25, -0.2) is 8.42 Å². The molecule has 0 aromatic heterocycles. The van der Waals surface area contributed by atoms with E-state index in [9.17, 15) is 13.2 Å². The molecule has 5 nitrogen and oxygen atoms in total. The van der Waals surface area contributed by atoms with Crippen LogP contribution in [0, 0.1) is 20.8 Å². The zero-order valence-electron chi connectivity index (χ0n) is 17.0. The maximum atomic E-state index is 12.9. The second-order valence-corrected chi connectivity index (χ2v) is 9.35. The molecule has 2 N–H and O–H groups in total. The molecular weight excluding hydrogens is 420 g/mol. The second-order valence-electron chi connectivity index (χ2n) is 7.30. The molecule has 1 amide bonds. The van der Waals surface area contributed by atoms with Gasteiger partial charge in [0.1, 0.15) is 4.90 Å². The highest BCUT2D eigenvalue weighted by Gasteiger charge is 2.20. The van der Waals surface area contributed by atoms with Gasteiger partial charge in [-0.1, -0.05) is 47.5 Å². The van der Waals surface area contributed by atoms with Crippen molar-refractivity contribution in [2.75, 3.05) is 4.72 Å². The van der Waals surface area contributed by atoms with Crippen LogP contribution in [-0.4, -0.2) is 14.3 Å². The van der Waals surface area contributed by atoms with Crippen LogP contribution in [-0.2, 0) is 16.6 Å². The number of sulfonamides is 1. The third-order valence-electron chi connectivity index (χ3n) is 4.53. The molecule has 0 aliphatic carbocycles. The normalized spacial score (nSPS) is 11.2. The van der Waals surface area contributed by atoms with Crippen molar-refractivity contribution in [3.8, 4) is 0 Å². The van der Waals surface area contributed by atoms with Gasteiger partial charge < -0.3 is 5.32 Å². The molecule has 3 rings (SSSR count). The summed E-state index contributed by atoms with van der Waals surface area (Å²) in [6, 6.07) is 17.4. The Hall–Kier alpha value is -2.83. The average molecular weight is 443 g/mol. The predicted octanol–water partition coefficient (Wildman–Crippen LogP) is 5.00. The van der Waals surface area contributed by atoms with Gasteiger partial charge in [0.15, 0.2) is 0 Å². The lowest BCUT2D eigenvalue weighted by molar-refractivity contribution is 0.0950. The number of halogens is 1. The summed E-state index contributed by atoms with van der Waals surface area (Å²) in [5.74, 6) is -0.380. The van der Waals surface area contributed by atoms with Crippen LogP contribution in [0.4, 0.5) is 5.69 Å². The molecule has 30 heavy (non-hydrogen) atoms. The van der Waals surface area contributed by atoms with E-state index in [0.29, 0.717) is 12.2 Å². The van der Waals surface area contributed by atoms with E-state index in [0.717, 1.165) is 22.3 Å². The van der Waals surface area contributed by atoms with Gasteiger partial charge in [0, 0.05) is 17.8 Å². The van der Waals surface area contributed by atoms with E-state index in [-0.39, 0.29) is 21.4 Å². The first-order chi connectivity index (χ1) is 14.1. The van der Waals surface area contributed by atoms with Crippen LogP contribution in [0.1, 0.15) is 32.6 Å². The average Bonchev–Trinajstić information content (AvgIpc) is 2.66. The number of aryl methyl sites for hydroxylation is 3. The lowest BCUT2D eigenvalue weighted by atomic mass is 10.1. The molecular formula is C23H23ClN2O3S. The molecule has 0 radical (unpaired) electrons. The lowest BCUT2D eigenvalue weighted by Gasteiger charge is -2.12. The van der Waals surface area contributed by atoms with Gasteiger partial charge in [0.25, 0.3) is 15.9 Å². The van der Waals surface area contributed by atoms with E-state index < -0.39 is 10.0 Å². The molecule has 0 atom stereocenters. The summed E-state index contributed by atoms with van der Waals surface area (Å²) in [5.41, 5.74) is 4.61. The molecule has 7 heteroatoms. The van der Waals surface area contributed by atoms with E-state index in [1.807, 2.05) is 51.1 Å². The summed E-state index contributed by atoms with van der Waals surface area (Å²) in [7, 11) is -3.97. The first kappa shape index (κ1) is 21.9. The minimum atomic E-state index is -3.97. The number of carbonyl (C=O) groups is 1. The molecule has 0 bridgehead atoms. The maximum Gasteiger partial charge on any atom is 0.263 e. The quantitative estimate of drug-likeness (QED) is 0.564. The van der Waals surface area contributed by atoms with E-state index in [1.54, 1.807) is 12.1 Å². The number of hydrogen-bond acceptors (Lipinski definition) is 3. The molecule has 0 spiro atoms. The number of anilines is 1. The molecule has 3 aromatic rings. The van der Waals surface area contributed by atoms with Crippen molar-refractivity contribution >= 4 is 33.2 Å². The smallest absolute Gasteiger partial charge is 0.263 e. The fourth-order valence-electron chi connectivity index (χ4n) is 3.08. The Balaban J connectivity index is 1.81. The lowest BCUT2D eigenvalue weighted by Crippen LogP contribution is -2.23. The van der Waals surface area contributed by atoms with E-state index in [2.05, 4.69) is 10.0 Å². The number of rotatable bonds is 6. The highest BCUT2D eigenvalue weighted by molar-refractivity contribution is 7.92. The molecule has 0 unspecified atom stereocenters. The van der Waals surface area contributed by atoms with Gasteiger partial charge in [-0.05, 0) is 67.8 Å². The van der Waals surface area contributed by atoms with Gasteiger partial charge in [-0.2, -0.15) is 0 Å². The molecule has 0 aliphatic heterocycles. The Morgan fingerprint density at radius 1 is 0.867 bits per heavy atom. The van der Waals surface area contributed by atoms with Crippen molar-refractivity contribution in [1.29, 1.82) is 0 Å². The number of benzene rings is 3. The predicted molar refractivity (Wildman–Crippen MR) is 121 cm³/mol. The van der Waals surface area contributed by atoms with E-state index in [4.69, 9.17) is 11.6 Å². The summed E-state index contributed by atoms with van der Waals surface area (Å²) in [5, 5.41) is 2.84. The van der Waals surface area contributed by atoms with E-state index >= 15 is 0 Å². The maximum absolute atomic E-state index is 12.9. The van der Waals surface area contributed by atoms with Gasteiger partial charge >= 0.3 is 0 Å². The number of amides is 1. The van der Waals surface area contributed by atoms with Crippen molar-refractivity contribution in [2.24, 2.45) is 0 Å². The molecule has 0 aliphatic rings. The van der Waals surface area contributed by atoms with Crippen LogP contribution < -0.4 is 10.0 Å².